The van der Waals surface area contributed by atoms with Crippen molar-refractivity contribution in [2.24, 2.45) is 0 Å². The maximum absolute atomic E-state index is 15.1. The number of carbonyl (C=O) groups is 2. The summed E-state index contributed by atoms with van der Waals surface area (Å²) in [4.78, 5) is 27.4. The molecule has 0 radical (unpaired) electrons. The number of rotatable bonds is 8. The average Bonchev–Trinajstić information content (AvgIpc) is 3.33. The Morgan fingerprint density at radius 3 is 2.31 bits per heavy atom. The first-order valence-corrected chi connectivity index (χ1v) is 15.5. The number of hydrogen-bond acceptors (Lipinski definition) is 4. The molecule has 3 aromatic carbocycles. The van der Waals surface area contributed by atoms with Gasteiger partial charge in [-0.05, 0) is 87.0 Å². The molecule has 220 valence electrons. The summed E-state index contributed by atoms with van der Waals surface area (Å²) >= 11 is 1.63. The molecule has 1 unspecified atom stereocenters. The predicted octanol–water partition coefficient (Wildman–Crippen LogP) is 6.96. The van der Waals surface area contributed by atoms with E-state index in [1.807, 2.05) is 42.5 Å². The van der Waals surface area contributed by atoms with E-state index in [4.69, 9.17) is 0 Å². The Morgan fingerprint density at radius 2 is 1.62 bits per heavy atom. The first-order chi connectivity index (χ1) is 19.9. The normalized spacial score (nSPS) is 17.9. The van der Waals surface area contributed by atoms with Gasteiger partial charge in [-0.2, -0.15) is 0 Å². The zero-order valence-electron chi connectivity index (χ0n) is 25.0. The van der Waals surface area contributed by atoms with E-state index in [0.717, 1.165) is 34.1 Å². The highest BCUT2D eigenvalue weighted by atomic mass is 32.1. The van der Waals surface area contributed by atoms with Crippen LogP contribution < -0.4 is 16.0 Å². The van der Waals surface area contributed by atoms with Crippen molar-refractivity contribution >= 4 is 33.2 Å². The maximum Gasteiger partial charge on any atom is 0.243 e. The number of nitrogens with one attached hydrogen (secondary N) is 3. The molecule has 0 spiro atoms. The van der Waals surface area contributed by atoms with E-state index in [0.29, 0.717) is 17.5 Å². The Morgan fingerprint density at radius 1 is 0.952 bits per heavy atom. The zero-order chi connectivity index (χ0) is 30.1. The van der Waals surface area contributed by atoms with Crippen molar-refractivity contribution in [3.8, 4) is 11.1 Å². The molecule has 7 heteroatoms. The Bertz CT molecular complexity index is 1560. The van der Waals surface area contributed by atoms with E-state index in [-0.39, 0.29) is 34.8 Å². The molecule has 5 rings (SSSR count). The number of hydrogen-bond donors (Lipinski definition) is 3. The Kier molecular flexibility index (Phi) is 8.53. The van der Waals surface area contributed by atoms with Gasteiger partial charge in [-0.15, -0.1) is 11.3 Å². The van der Waals surface area contributed by atoms with Crippen molar-refractivity contribution < 1.29 is 14.0 Å². The topological polar surface area (TPSA) is 70.2 Å². The summed E-state index contributed by atoms with van der Waals surface area (Å²) in [5.41, 5.74) is 2.59. The molecular weight excluding hydrogens is 545 g/mol. The Labute approximate surface area is 251 Å². The van der Waals surface area contributed by atoms with Gasteiger partial charge in [0, 0.05) is 33.8 Å². The van der Waals surface area contributed by atoms with Crippen LogP contribution in [0.3, 0.4) is 0 Å². The molecule has 0 bridgehead atoms. The minimum Gasteiger partial charge on any atom is -0.351 e. The quantitative estimate of drug-likeness (QED) is 0.209. The monoisotopic (exact) mass is 585 g/mol. The highest BCUT2D eigenvalue weighted by Gasteiger charge is 2.39. The van der Waals surface area contributed by atoms with E-state index in [2.05, 4.69) is 61.2 Å². The van der Waals surface area contributed by atoms with Crippen LogP contribution in [-0.2, 0) is 16.0 Å². The van der Waals surface area contributed by atoms with Gasteiger partial charge in [-0.3, -0.25) is 9.59 Å². The molecule has 1 fully saturated rings. The number of thiophene rings is 1. The molecule has 1 aliphatic rings. The van der Waals surface area contributed by atoms with Gasteiger partial charge in [-0.25, -0.2) is 4.39 Å². The smallest absolute Gasteiger partial charge is 0.243 e. The van der Waals surface area contributed by atoms with E-state index in [9.17, 15) is 9.59 Å². The molecular formula is C35H40FN3O2S. The van der Waals surface area contributed by atoms with Crippen molar-refractivity contribution in [2.75, 3.05) is 0 Å². The van der Waals surface area contributed by atoms with Crippen LogP contribution in [0.4, 0.5) is 4.39 Å². The summed E-state index contributed by atoms with van der Waals surface area (Å²) in [5, 5.41) is 13.1. The minimum absolute atomic E-state index is 0.0283. The molecule has 1 aliphatic heterocycles. The number of carbonyl (C=O) groups excluding carboxylic acids is 2. The van der Waals surface area contributed by atoms with Crippen LogP contribution in [0.15, 0.2) is 78.2 Å². The van der Waals surface area contributed by atoms with Crippen molar-refractivity contribution in [3.05, 3.63) is 95.1 Å². The molecule has 5 nitrogen and oxygen atoms in total. The van der Waals surface area contributed by atoms with Gasteiger partial charge in [0.05, 0.1) is 5.92 Å². The first kappa shape index (κ1) is 29.9. The van der Waals surface area contributed by atoms with Gasteiger partial charge in [0.25, 0.3) is 0 Å². The van der Waals surface area contributed by atoms with Crippen molar-refractivity contribution in [2.45, 2.75) is 83.0 Å². The van der Waals surface area contributed by atoms with Crippen LogP contribution in [0, 0.1) is 5.82 Å². The molecule has 2 heterocycles. The fourth-order valence-corrected chi connectivity index (χ4v) is 7.42. The van der Waals surface area contributed by atoms with E-state index >= 15 is 4.39 Å². The highest BCUT2D eigenvalue weighted by molar-refractivity contribution is 7.17. The second kappa shape index (κ2) is 12.0. The predicted molar refractivity (Wildman–Crippen MR) is 170 cm³/mol. The number of halogens is 1. The van der Waals surface area contributed by atoms with Crippen LogP contribution >= 0.6 is 11.3 Å². The SMILES string of the molecule is CC(C(=O)N[C@@H](Cc1csc2ccccc12)C(=O)NC1CC(C)(C)NC(C)(C)C1)c1ccc(-c2ccccc2)c(F)c1. The summed E-state index contributed by atoms with van der Waals surface area (Å²) < 4.78 is 16.3. The van der Waals surface area contributed by atoms with Crippen LogP contribution in [0.2, 0.25) is 0 Å². The lowest BCUT2D eigenvalue weighted by molar-refractivity contribution is -0.130. The van der Waals surface area contributed by atoms with Crippen LogP contribution in [0.1, 0.15) is 64.5 Å². The van der Waals surface area contributed by atoms with Crippen LogP contribution in [-0.4, -0.2) is 35.0 Å². The number of piperidine rings is 1. The largest absolute Gasteiger partial charge is 0.351 e. The van der Waals surface area contributed by atoms with Crippen LogP contribution in [0.5, 0.6) is 0 Å². The molecule has 42 heavy (non-hydrogen) atoms. The molecule has 4 aromatic rings. The molecule has 0 aliphatic carbocycles. The number of benzene rings is 3. The van der Waals surface area contributed by atoms with Crippen LogP contribution in [0.25, 0.3) is 21.2 Å². The molecule has 3 N–H and O–H groups in total. The fraction of sp³-hybridized carbons (Fsp3) is 0.371. The van der Waals surface area contributed by atoms with Gasteiger partial charge in [0.2, 0.25) is 11.8 Å². The second-order valence-corrected chi connectivity index (χ2v) is 13.8. The standard InChI is InChI=1S/C35H40FN3O2S/c1-22(24-15-16-27(29(36)17-24)23-11-7-6-8-12-23)32(40)38-30(18-25-21-42-31-14-10-9-13-28(25)31)33(41)37-26-19-34(2,3)39-35(4,5)20-26/h6-17,21-22,26,30,39H,18-20H2,1-5H3,(H,37,41)(H,38,40)/t22?,30-/m0/s1. The van der Waals surface area contributed by atoms with E-state index in [1.54, 1.807) is 30.4 Å². The van der Waals surface area contributed by atoms with Gasteiger partial charge >= 0.3 is 0 Å². The Hall–Kier alpha value is -3.55. The average molecular weight is 586 g/mol. The third-order valence-electron chi connectivity index (χ3n) is 8.13. The lowest BCUT2D eigenvalue weighted by Gasteiger charge is -2.46. The summed E-state index contributed by atoms with van der Waals surface area (Å²) in [6.45, 7) is 10.3. The van der Waals surface area contributed by atoms with Gasteiger partial charge in [0.1, 0.15) is 11.9 Å². The molecule has 2 atom stereocenters. The van der Waals surface area contributed by atoms with Crippen molar-refractivity contribution in [1.82, 2.24) is 16.0 Å². The lowest BCUT2D eigenvalue weighted by Crippen LogP contribution is -2.63. The minimum atomic E-state index is -0.771. The van der Waals surface area contributed by atoms with Gasteiger partial charge < -0.3 is 16.0 Å². The molecule has 0 saturated carbocycles. The molecule has 1 aromatic heterocycles. The summed E-state index contributed by atoms with van der Waals surface area (Å²) in [7, 11) is 0. The number of fused-ring (bicyclic) bond motifs is 1. The zero-order valence-corrected chi connectivity index (χ0v) is 25.8. The summed E-state index contributed by atoms with van der Waals surface area (Å²) in [6, 6.07) is 21.6. The third-order valence-corrected chi connectivity index (χ3v) is 9.14. The maximum atomic E-state index is 15.1. The van der Waals surface area contributed by atoms with Crippen molar-refractivity contribution in [3.63, 3.8) is 0 Å². The fourth-order valence-electron chi connectivity index (χ4n) is 6.45. The van der Waals surface area contributed by atoms with Crippen molar-refractivity contribution in [1.29, 1.82) is 0 Å². The molecule has 2 amide bonds. The van der Waals surface area contributed by atoms with E-state index in [1.165, 1.54) is 6.07 Å². The highest BCUT2D eigenvalue weighted by Crippen LogP contribution is 2.30. The van der Waals surface area contributed by atoms with Gasteiger partial charge in [0.15, 0.2) is 0 Å². The lowest BCUT2D eigenvalue weighted by atomic mass is 9.79. The summed E-state index contributed by atoms with van der Waals surface area (Å²) in [6.07, 6.45) is 1.94. The second-order valence-electron chi connectivity index (χ2n) is 12.9. The van der Waals surface area contributed by atoms with Gasteiger partial charge in [-0.1, -0.05) is 60.7 Å². The third kappa shape index (κ3) is 6.90. The van der Waals surface area contributed by atoms with E-state index < -0.39 is 12.0 Å². The molecule has 1 saturated heterocycles. The summed E-state index contributed by atoms with van der Waals surface area (Å²) in [5.74, 6) is -1.54. The number of amides is 2. The first-order valence-electron chi connectivity index (χ1n) is 14.6. The Balaban J connectivity index is 1.37.